The number of hydrogen-bond donors (Lipinski definition) is 1. The van der Waals surface area contributed by atoms with Crippen molar-refractivity contribution < 1.29 is 14.6 Å². The first-order valence-corrected chi connectivity index (χ1v) is 9.25. The maximum Gasteiger partial charge on any atom is 0.339 e. The number of ether oxygens (including phenoxy) is 1. The molecule has 1 saturated carbocycles. The lowest BCUT2D eigenvalue weighted by Crippen LogP contribution is -2.17. The number of rotatable bonds is 4. The number of allylic oxidation sites excluding steroid dienone is 8. The highest BCUT2D eigenvalue weighted by Crippen LogP contribution is 2.47. The van der Waals surface area contributed by atoms with Crippen molar-refractivity contribution in [3.05, 3.63) is 82.7 Å². The Morgan fingerprint density at radius 1 is 1.30 bits per heavy atom. The molecular formula is C23H19NO3. The molecule has 0 bridgehead atoms. The first-order chi connectivity index (χ1) is 13.2. The molecule has 1 fully saturated rings. The molecule has 3 aliphatic carbocycles. The van der Waals surface area contributed by atoms with Gasteiger partial charge in [0.05, 0.1) is 6.54 Å². The van der Waals surface area contributed by atoms with Gasteiger partial charge in [-0.15, -0.1) is 0 Å². The molecule has 27 heavy (non-hydrogen) atoms. The molecule has 1 N–H and O–H groups in total. The summed E-state index contributed by atoms with van der Waals surface area (Å²) in [4.78, 5) is 16.0. The van der Waals surface area contributed by atoms with E-state index in [2.05, 4.69) is 29.3 Å². The van der Waals surface area contributed by atoms with Crippen LogP contribution in [-0.2, 0) is 0 Å². The zero-order chi connectivity index (χ0) is 18.4. The lowest BCUT2D eigenvalue weighted by Gasteiger charge is -2.27. The van der Waals surface area contributed by atoms with Crippen LogP contribution in [0.3, 0.4) is 0 Å². The monoisotopic (exact) mass is 357 g/mol. The van der Waals surface area contributed by atoms with Crippen molar-refractivity contribution >= 4 is 17.8 Å². The van der Waals surface area contributed by atoms with Gasteiger partial charge in [-0.1, -0.05) is 35.9 Å². The van der Waals surface area contributed by atoms with Crippen molar-refractivity contribution in [3.63, 3.8) is 0 Å². The van der Waals surface area contributed by atoms with E-state index in [-0.39, 0.29) is 5.56 Å². The number of nitrogens with zero attached hydrogens (tertiary/aromatic N) is 1. The van der Waals surface area contributed by atoms with Gasteiger partial charge >= 0.3 is 5.97 Å². The van der Waals surface area contributed by atoms with E-state index in [9.17, 15) is 9.90 Å². The highest BCUT2D eigenvalue weighted by atomic mass is 16.5. The molecule has 1 aliphatic heterocycles. The Morgan fingerprint density at radius 3 is 3.04 bits per heavy atom. The topological polar surface area (TPSA) is 58.9 Å². The Kier molecular flexibility index (Phi) is 3.71. The Bertz CT molecular complexity index is 1020. The van der Waals surface area contributed by atoms with Crippen LogP contribution in [0.2, 0.25) is 0 Å². The van der Waals surface area contributed by atoms with Crippen LogP contribution in [-0.4, -0.2) is 23.8 Å². The van der Waals surface area contributed by atoms with Crippen LogP contribution in [0, 0.1) is 11.8 Å². The average molecular weight is 357 g/mol. The lowest BCUT2D eigenvalue weighted by atomic mass is 9.80. The SMILES string of the molecule is O=C(O)c1cc(C2=CCN=C2)ccc1OC1=CC2CCC3=CC=CC(=C1)C32. The summed E-state index contributed by atoms with van der Waals surface area (Å²) >= 11 is 0. The van der Waals surface area contributed by atoms with Crippen LogP contribution in [0.1, 0.15) is 28.8 Å². The highest BCUT2D eigenvalue weighted by Gasteiger charge is 2.36. The van der Waals surface area contributed by atoms with Crippen LogP contribution in [0.5, 0.6) is 5.75 Å². The van der Waals surface area contributed by atoms with E-state index in [0.717, 1.165) is 29.7 Å². The second-order valence-corrected chi connectivity index (χ2v) is 7.27. The molecule has 0 amide bonds. The van der Waals surface area contributed by atoms with Gasteiger partial charge < -0.3 is 9.84 Å². The van der Waals surface area contributed by atoms with Crippen molar-refractivity contribution in [2.75, 3.05) is 6.54 Å². The predicted molar refractivity (Wildman–Crippen MR) is 105 cm³/mol. The van der Waals surface area contributed by atoms with Gasteiger partial charge in [0.2, 0.25) is 0 Å². The summed E-state index contributed by atoms with van der Waals surface area (Å²) < 4.78 is 6.06. The summed E-state index contributed by atoms with van der Waals surface area (Å²) in [6.45, 7) is 0.642. The normalized spacial score (nSPS) is 24.7. The zero-order valence-corrected chi connectivity index (χ0v) is 14.8. The minimum Gasteiger partial charge on any atom is -0.478 e. The molecule has 4 nitrogen and oxygen atoms in total. The van der Waals surface area contributed by atoms with Gasteiger partial charge in [-0.3, -0.25) is 4.99 Å². The molecule has 0 saturated heterocycles. The average Bonchev–Trinajstić information content (AvgIpc) is 3.33. The molecule has 2 unspecified atom stereocenters. The summed E-state index contributed by atoms with van der Waals surface area (Å²) in [5.41, 5.74) is 4.71. The first-order valence-electron chi connectivity index (χ1n) is 9.25. The van der Waals surface area contributed by atoms with Crippen molar-refractivity contribution in [3.8, 4) is 5.75 Å². The quantitative estimate of drug-likeness (QED) is 0.858. The third kappa shape index (κ3) is 2.78. The standard InChI is InChI=1S/C23H19NO3/c25-23(26)20-12-15(18-8-9-24-13-18)6-7-21(20)27-19-10-16-3-1-2-14-4-5-17(11-19)22(14)16/h1-3,6-8,10-13,17,22H,4-5,9H2,(H,25,26). The van der Waals surface area contributed by atoms with E-state index < -0.39 is 5.97 Å². The minimum atomic E-state index is -0.993. The Balaban J connectivity index is 1.47. The minimum absolute atomic E-state index is 0.168. The number of hydrogen-bond acceptors (Lipinski definition) is 3. The second kappa shape index (κ2) is 6.23. The molecule has 1 aromatic rings. The maximum absolute atomic E-state index is 11.8. The van der Waals surface area contributed by atoms with Crippen LogP contribution in [0.15, 0.2) is 76.6 Å². The highest BCUT2D eigenvalue weighted by molar-refractivity contribution is 6.12. The van der Waals surface area contributed by atoms with Crippen LogP contribution in [0.25, 0.3) is 5.57 Å². The Morgan fingerprint density at radius 2 is 2.22 bits per heavy atom. The summed E-state index contributed by atoms with van der Waals surface area (Å²) in [6, 6.07) is 5.30. The molecule has 4 heteroatoms. The molecular weight excluding hydrogens is 338 g/mol. The molecule has 0 spiro atoms. The van der Waals surface area contributed by atoms with E-state index in [4.69, 9.17) is 4.74 Å². The van der Waals surface area contributed by atoms with Gasteiger partial charge in [0, 0.05) is 12.1 Å². The fourth-order valence-corrected chi connectivity index (χ4v) is 4.41. The van der Waals surface area contributed by atoms with E-state index >= 15 is 0 Å². The number of aromatic carboxylic acids is 1. The summed E-state index contributed by atoms with van der Waals surface area (Å²) in [5, 5.41) is 9.67. The number of carboxylic acids is 1. The summed E-state index contributed by atoms with van der Waals surface area (Å²) in [6.07, 6.45) is 16.6. The molecule has 4 aliphatic rings. The van der Waals surface area contributed by atoms with Gasteiger partial charge in [-0.25, -0.2) is 4.79 Å². The largest absolute Gasteiger partial charge is 0.478 e. The summed E-state index contributed by atoms with van der Waals surface area (Å²) in [7, 11) is 0. The number of aliphatic imine (C=N–C) groups is 1. The van der Waals surface area contributed by atoms with Gasteiger partial charge in [-0.2, -0.15) is 0 Å². The van der Waals surface area contributed by atoms with Gasteiger partial charge in [0.25, 0.3) is 0 Å². The molecule has 2 atom stereocenters. The second-order valence-electron chi connectivity index (χ2n) is 7.27. The Hall–Kier alpha value is -3.14. The lowest BCUT2D eigenvalue weighted by molar-refractivity contribution is 0.0693. The zero-order valence-electron chi connectivity index (χ0n) is 14.8. The molecule has 5 rings (SSSR count). The number of carboxylic acid groups (broad SMARTS) is 1. The van der Waals surface area contributed by atoms with Crippen molar-refractivity contribution in [1.29, 1.82) is 0 Å². The number of carbonyl (C=O) groups is 1. The third-order valence-corrected chi connectivity index (χ3v) is 5.66. The fraction of sp³-hybridized carbons (Fsp3) is 0.217. The molecule has 0 aromatic heterocycles. The molecule has 1 heterocycles. The van der Waals surface area contributed by atoms with E-state index in [1.807, 2.05) is 18.2 Å². The van der Waals surface area contributed by atoms with Gasteiger partial charge in [-0.05, 0) is 59.8 Å². The van der Waals surface area contributed by atoms with E-state index in [1.54, 1.807) is 18.3 Å². The fourth-order valence-electron chi connectivity index (χ4n) is 4.41. The van der Waals surface area contributed by atoms with E-state index in [1.165, 1.54) is 11.1 Å². The predicted octanol–water partition coefficient (Wildman–Crippen LogP) is 4.58. The smallest absolute Gasteiger partial charge is 0.339 e. The van der Waals surface area contributed by atoms with Crippen LogP contribution >= 0.6 is 0 Å². The van der Waals surface area contributed by atoms with Crippen molar-refractivity contribution in [2.45, 2.75) is 12.8 Å². The van der Waals surface area contributed by atoms with Crippen LogP contribution in [0.4, 0.5) is 0 Å². The van der Waals surface area contributed by atoms with Gasteiger partial charge in [0.15, 0.2) is 0 Å². The van der Waals surface area contributed by atoms with E-state index in [0.29, 0.717) is 24.1 Å². The molecule has 1 aromatic carbocycles. The van der Waals surface area contributed by atoms with Crippen molar-refractivity contribution in [1.82, 2.24) is 0 Å². The third-order valence-electron chi connectivity index (χ3n) is 5.66. The van der Waals surface area contributed by atoms with Crippen molar-refractivity contribution in [2.24, 2.45) is 16.8 Å². The molecule has 0 radical (unpaired) electrons. The van der Waals surface area contributed by atoms with Gasteiger partial charge in [0.1, 0.15) is 17.1 Å². The maximum atomic E-state index is 11.8. The molecule has 134 valence electrons. The summed E-state index contributed by atoms with van der Waals surface area (Å²) in [5.74, 6) is 1.02. The van der Waals surface area contributed by atoms with Crippen LogP contribution < -0.4 is 4.74 Å². The first kappa shape index (κ1) is 16.1. The number of benzene rings is 1. The Labute approximate surface area is 157 Å².